The third-order valence-corrected chi connectivity index (χ3v) is 7.09. The van der Waals surface area contributed by atoms with Crippen molar-refractivity contribution in [2.75, 3.05) is 23.7 Å². The van der Waals surface area contributed by atoms with Crippen molar-refractivity contribution in [1.29, 1.82) is 0 Å². The van der Waals surface area contributed by atoms with Gasteiger partial charge >= 0.3 is 0 Å². The summed E-state index contributed by atoms with van der Waals surface area (Å²) in [6.45, 7) is 7.53. The van der Waals surface area contributed by atoms with Gasteiger partial charge in [-0.2, -0.15) is 0 Å². The van der Waals surface area contributed by atoms with Crippen molar-refractivity contribution in [2.45, 2.75) is 53.1 Å². The van der Waals surface area contributed by atoms with Crippen molar-refractivity contribution in [3.8, 4) is 0 Å². The number of carbonyl (C=O) groups is 2. The summed E-state index contributed by atoms with van der Waals surface area (Å²) in [6, 6.07) is 11.6. The molecular weight excluding hydrogens is 474 g/mol. The fourth-order valence-corrected chi connectivity index (χ4v) is 4.71. The van der Waals surface area contributed by atoms with Gasteiger partial charge in [-0.25, -0.2) is 8.42 Å². The monoisotopic (exact) mass is 507 g/mol. The molecular formula is C25H34ClN3O4S. The molecule has 0 heterocycles. The molecule has 0 aromatic heterocycles. The first kappa shape index (κ1) is 27.7. The smallest absolute Gasteiger partial charge is 0.244 e. The van der Waals surface area contributed by atoms with E-state index >= 15 is 0 Å². The van der Waals surface area contributed by atoms with Gasteiger partial charge in [0.1, 0.15) is 12.6 Å². The molecule has 1 atom stereocenters. The zero-order valence-electron chi connectivity index (χ0n) is 20.5. The van der Waals surface area contributed by atoms with Gasteiger partial charge in [0.05, 0.1) is 11.9 Å². The number of amides is 2. The maximum atomic E-state index is 13.5. The maximum absolute atomic E-state index is 13.5. The van der Waals surface area contributed by atoms with Gasteiger partial charge in [-0.15, -0.1) is 0 Å². The van der Waals surface area contributed by atoms with Crippen molar-refractivity contribution in [2.24, 2.45) is 0 Å². The topological polar surface area (TPSA) is 86.8 Å². The average molecular weight is 508 g/mol. The van der Waals surface area contributed by atoms with Gasteiger partial charge in [0.15, 0.2) is 0 Å². The number of halogens is 1. The Bertz CT molecular complexity index is 1120. The number of nitrogens with zero attached hydrogens (tertiary/aromatic N) is 2. The highest BCUT2D eigenvalue weighted by Gasteiger charge is 2.30. The second kappa shape index (κ2) is 12.2. The van der Waals surface area contributed by atoms with Crippen molar-refractivity contribution in [3.63, 3.8) is 0 Å². The lowest BCUT2D eigenvalue weighted by Crippen LogP contribution is -2.51. The van der Waals surface area contributed by atoms with Gasteiger partial charge in [-0.05, 0) is 50.5 Å². The molecule has 0 saturated heterocycles. The second-order valence-corrected chi connectivity index (χ2v) is 10.8. The van der Waals surface area contributed by atoms with Gasteiger partial charge in [-0.3, -0.25) is 13.9 Å². The highest BCUT2D eigenvalue weighted by atomic mass is 35.5. The Labute approximate surface area is 208 Å². The van der Waals surface area contributed by atoms with Gasteiger partial charge < -0.3 is 10.2 Å². The summed E-state index contributed by atoms with van der Waals surface area (Å²) in [7, 11) is -3.77. The fraction of sp³-hybridized carbons (Fsp3) is 0.440. The summed E-state index contributed by atoms with van der Waals surface area (Å²) < 4.78 is 26.4. The Morgan fingerprint density at radius 1 is 1.12 bits per heavy atom. The molecule has 0 aliphatic heterocycles. The number of hydrogen-bond acceptors (Lipinski definition) is 4. The third-order valence-electron chi connectivity index (χ3n) is 5.60. The zero-order valence-corrected chi connectivity index (χ0v) is 22.0. The number of hydrogen-bond donors (Lipinski definition) is 1. The number of benzene rings is 2. The number of aryl methyl sites for hydroxylation is 2. The molecule has 0 spiro atoms. The zero-order chi connectivity index (χ0) is 25.5. The van der Waals surface area contributed by atoms with E-state index in [0.717, 1.165) is 34.5 Å². The molecule has 2 amide bonds. The first-order chi connectivity index (χ1) is 16.0. The van der Waals surface area contributed by atoms with Gasteiger partial charge in [0.2, 0.25) is 21.8 Å². The minimum atomic E-state index is -3.77. The molecule has 9 heteroatoms. The molecule has 1 N–H and O–H groups in total. The molecule has 34 heavy (non-hydrogen) atoms. The van der Waals surface area contributed by atoms with Crippen LogP contribution < -0.4 is 9.62 Å². The summed E-state index contributed by atoms with van der Waals surface area (Å²) in [5.41, 5.74) is 2.82. The third kappa shape index (κ3) is 7.46. The van der Waals surface area contributed by atoms with E-state index in [0.29, 0.717) is 22.8 Å². The number of nitrogens with one attached hydrogen (secondary N) is 1. The fourth-order valence-electron chi connectivity index (χ4n) is 3.61. The Hall–Kier alpha value is -2.58. The van der Waals surface area contributed by atoms with Crippen LogP contribution in [0.5, 0.6) is 0 Å². The molecule has 0 fully saturated rings. The van der Waals surface area contributed by atoms with Gasteiger partial charge in [0, 0.05) is 18.1 Å². The van der Waals surface area contributed by atoms with E-state index in [4.69, 9.17) is 11.6 Å². The van der Waals surface area contributed by atoms with Crippen LogP contribution >= 0.6 is 11.6 Å². The molecule has 2 aromatic carbocycles. The van der Waals surface area contributed by atoms with E-state index in [-0.39, 0.29) is 12.5 Å². The van der Waals surface area contributed by atoms with Crippen LogP contribution in [-0.2, 0) is 26.2 Å². The van der Waals surface area contributed by atoms with Crippen LogP contribution in [0.4, 0.5) is 5.69 Å². The van der Waals surface area contributed by atoms with E-state index in [9.17, 15) is 18.0 Å². The summed E-state index contributed by atoms with van der Waals surface area (Å²) in [5.74, 6) is -0.797. The normalized spacial score (nSPS) is 12.2. The number of sulfonamides is 1. The number of carbonyl (C=O) groups excluding carboxylic acids is 2. The molecule has 7 nitrogen and oxygen atoms in total. The van der Waals surface area contributed by atoms with E-state index in [1.165, 1.54) is 4.90 Å². The lowest BCUT2D eigenvalue weighted by Gasteiger charge is -2.32. The standard InChI is InChI=1S/C25H34ClN3O4S/c1-6-7-14-27-25(31)20(4)28(16-21-10-8-9-11-22(21)26)24(30)17-29(34(5,32)33)23-13-12-18(2)15-19(23)3/h8-13,15,20H,6-7,14,16-17H2,1-5H3,(H,27,31). The highest BCUT2D eigenvalue weighted by Crippen LogP contribution is 2.25. The molecule has 2 aromatic rings. The second-order valence-electron chi connectivity index (χ2n) is 8.49. The molecule has 0 aliphatic rings. The summed E-state index contributed by atoms with van der Waals surface area (Å²) in [5, 5.41) is 3.32. The molecule has 186 valence electrons. The lowest BCUT2D eigenvalue weighted by molar-refractivity contribution is -0.139. The number of unbranched alkanes of at least 4 members (excludes halogenated alkanes) is 1. The molecule has 0 bridgehead atoms. The van der Waals surface area contributed by atoms with Crippen LogP contribution in [0.2, 0.25) is 5.02 Å². The molecule has 0 saturated carbocycles. The molecule has 1 unspecified atom stereocenters. The molecule has 2 rings (SSSR count). The first-order valence-corrected chi connectivity index (χ1v) is 13.5. The minimum absolute atomic E-state index is 0.0748. The van der Waals surface area contributed by atoms with Gasteiger partial charge in [-0.1, -0.05) is 60.8 Å². The van der Waals surface area contributed by atoms with Crippen molar-refractivity contribution >= 4 is 39.1 Å². The van der Waals surface area contributed by atoms with E-state index < -0.39 is 28.5 Å². The first-order valence-electron chi connectivity index (χ1n) is 11.3. The summed E-state index contributed by atoms with van der Waals surface area (Å²) in [6.07, 6.45) is 2.82. The Morgan fingerprint density at radius 3 is 2.38 bits per heavy atom. The Morgan fingerprint density at radius 2 is 1.79 bits per heavy atom. The highest BCUT2D eigenvalue weighted by molar-refractivity contribution is 7.92. The average Bonchev–Trinajstić information content (AvgIpc) is 2.76. The Kier molecular flexibility index (Phi) is 9.94. The van der Waals surface area contributed by atoms with E-state index in [2.05, 4.69) is 5.32 Å². The summed E-state index contributed by atoms with van der Waals surface area (Å²) >= 11 is 6.32. The summed E-state index contributed by atoms with van der Waals surface area (Å²) in [4.78, 5) is 27.7. The quantitative estimate of drug-likeness (QED) is 0.465. The van der Waals surface area contributed by atoms with Crippen LogP contribution in [-0.4, -0.2) is 50.5 Å². The van der Waals surface area contributed by atoms with Crippen molar-refractivity contribution in [1.82, 2.24) is 10.2 Å². The van der Waals surface area contributed by atoms with Crippen molar-refractivity contribution < 1.29 is 18.0 Å². The minimum Gasteiger partial charge on any atom is -0.354 e. The van der Waals surface area contributed by atoms with Crippen LogP contribution in [0.1, 0.15) is 43.4 Å². The predicted octanol–water partition coefficient (Wildman–Crippen LogP) is 4.06. The van der Waals surface area contributed by atoms with Crippen molar-refractivity contribution in [3.05, 3.63) is 64.2 Å². The van der Waals surface area contributed by atoms with Crippen LogP contribution in [0, 0.1) is 13.8 Å². The van der Waals surface area contributed by atoms with E-state index in [1.807, 2.05) is 19.9 Å². The lowest BCUT2D eigenvalue weighted by atomic mass is 10.1. The maximum Gasteiger partial charge on any atom is 0.244 e. The van der Waals surface area contributed by atoms with Crippen LogP contribution in [0.3, 0.4) is 0 Å². The van der Waals surface area contributed by atoms with E-state index in [1.54, 1.807) is 50.2 Å². The number of anilines is 1. The SMILES string of the molecule is CCCCNC(=O)C(C)N(Cc1ccccc1Cl)C(=O)CN(c1ccc(C)cc1C)S(C)(=O)=O. The molecule has 0 radical (unpaired) electrons. The molecule has 0 aliphatic carbocycles. The Balaban J connectivity index is 2.39. The van der Waals surface area contributed by atoms with Gasteiger partial charge in [0.25, 0.3) is 0 Å². The largest absolute Gasteiger partial charge is 0.354 e. The van der Waals surface area contributed by atoms with Crippen LogP contribution in [0.15, 0.2) is 42.5 Å². The number of rotatable bonds is 11. The van der Waals surface area contributed by atoms with Crippen LogP contribution in [0.25, 0.3) is 0 Å². The predicted molar refractivity (Wildman–Crippen MR) is 137 cm³/mol.